The van der Waals surface area contributed by atoms with Crippen LogP contribution in [0.1, 0.15) is 20.8 Å². The Morgan fingerprint density at radius 2 is 1.65 bits per heavy atom. The van der Waals surface area contributed by atoms with Crippen molar-refractivity contribution in [3.63, 3.8) is 0 Å². The average Bonchev–Trinajstić information content (AvgIpc) is 2.40. The molecule has 1 aliphatic rings. The predicted molar refractivity (Wildman–Crippen MR) is 85.9 cm³/mol. The van der Waals surface area contributed by atoms with Gasteiger partial charge in [-0.2, -0.15) is 0 Å². The van der Waals surface area contributed by atoms with Crippen LogP contribution < -0.4 is 0 Å². The lowest BCUT2D eigenvalue weighted by molar-refractivity contribution is 0.327. The van der Waals surface area contributed by atoms with E-state index in [2.05, 4.69) is 78.0 Å². The quantitative estimate of drug-likeness (QED) is 0.664. The van der Waals surface area contributed by atoms with E-state index in [1.807, 2.05) is 0 Å². The molecule has 0 fully saturated rings. The molecule has 1 heterocycles. The number of hydrogen-bond donors (Lipinski definition) is 0. The van der Waals surface area contributed by atoms with Crippen LogP contribution in [-0.2, 0) is 0 Å². The summed E-state index contributed by atoms with van der Waals surface area (Å²) < 4.78 is 0. The molecule has 0 N–H and O–H groups in total. The molecule has 0 amide bonds. The molecule has 0 aromatic carbocycles. The van der Waals surface area contributed by atoms with Gasteiger partial charge in [0.2, 0.25) is 0 Å². The molecule has 1 atom stereocenters. The van der Waals surface area contributed by atoms with Gasteiger partial charge in [-0.1, -0.05) is 46.2 Å². The maximum atomic E-state index is 2.56. The van der Waals surface area contributed by atoms with Gasteiger partial charge in [-0.25, -0.2) is 0 Å². The van der Waals surface area contributed by atoms with Gasteiger partial charge in [0, 0.05) is 13.6 Å². The van der Waals surface area contributed by atoms with Crippen LogP contribution in [0.25, 0.3) is 0 Å². The fourth-order valence-corrected chi connectivity index (χ4v) is 7.62. The van der Waals surface area contributed by atoms with E-state index in [1.165, 1.54) is 0 Å². The molecule has 0 aliphatic carbocycles. The minimum absolute atomic E-state index is 0.228. The lowest BCUT2D eigenvalue weighted by atomic mass is 9.28. The lowest BCUT2D eigenvalue weighted by Crippen LogP contribution is -2.59. The Balaban J connectivity index is 3.20. The Hall–Kier alpha value is -0.113. The van der Waals surface area contributed by atoms with Crippen molar-refractivity contribution in [2.24, 2.45) is 0 Å². The van der Waals surface area contributed by atoms with Crippen LogP contribution in [0.5, 0.6) is 0 Å². The number of allylic oxidation sites excluding steroid dienone is 1. The van der Waals surface area contributed by atoms with Gasteiger partial charge < -0.3 is 4.81 Å². The molecule has 0 spiro atoms. The second-order valence-corrected chi connectivity index (χ2v) is 13.3. The standard InChI is InChI=1S/C13H29B2NSi/c1-12(2,3)16-11-10-13(14(4)5,15(16)6)17(7,8)9/h10-11H,1-9H3. The summed E-state index contributed by atoms with van der Waals surface area (Å²) in [6, 6.07) is 0. The highest BCUT2D eigenvalue weighted by Crippen LogP contribution is 2.50. The van der Waals surface area contributed by atoms with Crippen LogP contribution in [0, 0.1) is 0 Å². The van der Waals surface area contributed by atoms with Crippen molar-refractivity contribution < 1.29 is 0 Å². The van der Waals surface area contributed by atoms with E-state index in [9.17, 15) is 0 Å². The van der Waals surface area contributed by atoms with Crippen molar-refractivity contribution in [2.75, 3.05) is 0 Å². The molecular weight excluding hydrogens is 220 g/mol. The van der Waals surface area contributed by atoms with Crippen molar-refractivity contribution in [3.05, 3.63) is 12.3 Å². The SMILES string of the molecule is CB(C)C1([Si](C)(C)C)C=CN(C(C)(C)C)B1C. The van der Waals surface area contributed by atoms with Gasteiger partial charge in [0.05, 0.1) is 0 Å². The third-order valence-electron chi connectivity index (χ3n) is 4.65. The van der Waals surface area contributed by atoms with Crippen LogP contribution in [0.3, 0.4) is 0 Å². The molecule has 0 saturated carbocycles. The second-order valence-electron chi connectivity index (χ2n) is 7.91. The molecule has 0 aromatic rings. The smallest absolute Gasteiger partial charge is 0.251 e. The van der Waals surface area contributed by atoms with E-state index in [1.54, 1.807) is 0 Å². The van der Waals surface area contributed by atoms with E-state index < -0.39 is 8.07 Å². The van der Waals surface area contributed by atoms with Crippen LogP contribution >= 0.6 is 0 Å². The van der Waals surface area contributed by atoms with Crippen LogP contribution in [0.4, 0.5) is 0 Å². The first-order valence-corrected chi connectivity index (χ1v) is 10.4. The lowest BCUT2D eigenvalue weighted by Gasteiger charge is -2.48. The van der Waals surface area contributed by atoms with Crippen molar-refractivity contribution in [3.8, 4) is 0 Å². The third kappa shape index (κ3) is 2.25. The summed E-state index contributed by atoms with van der Waals surface area (Å²) >= 11 is 0. The fourth-order valence-electron chi connectivity index (χ4n) is 3.92. The van der Waals surface area contributed by atoms with Gasteiger partial charge in [0.1, 0.15) is 6.71 Å². The summed E-state index contributed by atoms with van der Waals surface area (Å²) in [4.78, 5) is 2.96. The fraction of sp³-hybridized carbons (Fsp3) is 0.846. The topological polar surface area (TPSA) is 3.24 Å². The highest BCUT2D eigenvalue weighted by atomic mass is 28.3. The third-order valence-corrected chi connectivity index (χ3v) is 8.41. The highest BCUT2D eigenvalue weighted by Gasteiger charge is 2.56. The van der Waals surface area contributed by atoms with E-state index >= 15 is 0 Å². The Kier molecular flexibility index (Phi) is 3.71. The zero-order chi connectivity index (χ0) is 13.6. The Morgan fingerprint density at radius 3 is 1.82 bits per heavy atom. The van der Waals surface area contributed by atoms with Crippen molar-refractivity contribution in [1.82, 2.24) is 4.81 Å². The largest absolute Gasteiger partial charge is 0.417 e. The Labute approximate surface area is 110 Å². The first-order chi connectivity index (χ1) is 7.44. The normalized spacial score (nSPS) is 25.7. The minimum Gasteiger partial charge on any atom is -0.417 e. The van der Waals surface area contributed by atoms with Crippen LogP contribution in [-0.4, -0.2) is 32.0 Å². The van der Waals surface area contributed by atoms with Crippen LogP contribution in [0.2, 0.25) is 44.9 Å². The summed E-state index contributed by atoms with van der Waals surface area (Å²) in [5, 5.41) is 0. The van der Waals surface area contributed by atoms with Crippen molar-refractivity contribution in [2.45, 2.75) is 71.3 Å². The van der Waals surface area contributed by atoms with Crippen molar-refractivity contribution in [1.29, 1.82) is 0 Å². The summed E-state index contributed by atoms with van der Waals surface area (Å²) in [5.74, 6) is 0. The minimum atomic E-state index is -1.25. The summed E-state index contributed by atoms with van der Waals surface area (Å²) in [7, 11) is -1.25. The van der Waals surface area contributed by atoms with Gasteiger partial charge in [-0.3, -0.25) is 0 Å². The number of rotatable bonds is 2. The summed E-state index contributed by atoms with van der Waals surface area (Å²) in [6.45, 7) is 23.0. The maximum Gasteiger partial charge on any atom is 0.251 e. The molecule has 0 saturated heterocycles. The molecule has 1 unspecified atom stereocenters. The van der Waals surface area contributed by atoms with Gasteiger partial charge in [0.25, 0.3) is 6.85 Å². The molecule has 4 heteroatoms. The highest BCUT2D eigenvalue weighted by molar-refractivity contribution is 7.05. The monoisotopic (exact) mass is 249 g/mol. The first kappa shape index (κ1) is 14.9. The van der Waals surface area contributed by atoms with E-state index in [0.29, 0.717) is 18.4 Å². The molecule has 0 aromatic heterocycles. The maximum absolute atomic E-state index is 2.56. The summed E-state index contributed by atoms with van der Waals surface area (Å²) in [5.41, 5.74) is 0.228. The van der Waals surface area contributed by atoms with Crippen molar-refractivity contribution >= 4 is 21.6 Å². The molecule has 1 rings (SSSR count). The molecular formula is C13H29B2NSi. The number of hydrogen-bond acceptors (Lipinski definition) is 1. The van der Waals surface area contributed by atoms with Crippen LogP contribution in [0.15, 0.2) is 12.3 Å². The molecule has 1 aliphatic heterocycles. The van der Waals surface area contributed by atoms with Gasteiger partial charge >= 0.3 is 0 Å². The predicted octanol–water partition coefficient (Wildman–Crippen LogP) is 4.15. The summed E-state index contributed by atoms with van der Waals surface area (Å²) in [6.07, 6.45) is 4.89. The Morgan fingerprint density at radius 1 is 1.18 bits per heavy atom. The van der Waals surface area contributed by atoms with E-state index in [0.717, 1.165) is 0 Å². The Bertz CT molecular complexity index is 314. The zero-order valence-electron chi connectivity index (χ0n) is 13.3. The van der Waals surface area contributed by atoms with Gasteiger partial charge in [-0.05, 0) is 31.8 Å². The zero-order valence-corrected chi connectivity index (χ0v) is 14.3. The first-order valence-electron chi connectivity index (χ1n) is 6.92. The molecule has 0 radical (unpaired) electrons. The van der Waals surface area contributed by atoms with E-state index in [4.69, 9.17) is 0 Å². The van der Waals surface area contributed by atoms with Gasteiger partial charge in [-0.15, -0.1) is 0 Å². The molecule has 17 heavy (non-hydrogen) atoms. The number of nitrogens with zero attached hydrogens (tertiary/aromatic N) is 1. The van der Waals surface area contributed by atoms with Gasteiger partial charge in [0.15, 0.2) is 0 Å². The molecule has 1 nitrogen and oxygen atoms in total. The molecule has 96 valence electrons. The molecule has 0 bridgehead atoms. The van der Waals surface area contributed by atoms with E-state index in [-0.39, 0.29) is 5.54 Å². The second kappa shape index (κ2) is 4.22. The average molecular weight is 249 g/mol.